The number of fused-ring (bicyclic) bond motifs is 1. The van der Waals surface area contributed by atoms with Crippen molar-refractivity contribution in [2.75, 3.05) is 18.0 Å². The van der Waals surface area contributed by atoms with E-state index in [9.17, 15) is 27.9 Å². The summed E-state index contributed by atoms with van der Waals surface area (Å²) in [6.45, 7) is 5.58. The van der Waals surface area contributed by atoms with Crippen molar-refractivity contribution in [3.05, 3.63) is 62.6 Å². The smallest absolute Gasteiger partial charge is 0.372 e. The summed E-state index contributed by atoms with van der Waals surface area (Å²) in [5.41, 5.74) is -0.253. The van der Waals surface area contributed by atoms with Gasteiger partial charge in [0.05, 0.1) is 11.3 Å². The van der Waals surface area contributed by atoms with Gasteiger partial charge in [-0.2, -0.15) is 13.2 Å². The molecule has 0 radical (unpaired) electrons. The van der Waals surface area contributed by atoms with Crippen molar-refractivity contribution in [3.8, 4) is 0 Å². The summed E-state index contributed by atoms with van der Waals surface area (Å²) in [5, 5.41) is 11.8. The predicted molar refractivity (Wildman–Crippen MR) is 127 cm³/mol. The molecule has 0 aromatic heterocycles. The van der Waals surface area contributed by atoms with E-state index in [1.54, 1.807) is 0 Å². The first kappa shape index (κ1) is 25.8. The number of anilines is 1. The van der Waals surface area contributed by atoms with Crippen LogP contribution < -0.4 is 10.6 Å². The van der Waals surface area contributed by atoms with E-state index in [2.05, 4.69) is 4.90 Å². The van der Waals surface area contributed by atoms with Crippen molar-refractivity contribution in [3.63, 3.8) is 0 Å². The van der Waals surface area contributed by atoms with E-state index >= 15 is 0 Å². The Bertz CT molecular complexity index is 1200. The minimum atomic E-state index is -5.00. The van der Waals surface area contributed by atoms with E-state index in [1.807, 2.05) is 13.8 Å². The third-order valence-corrected chi connectivity index (χ3v) is 7.51. The molecule has 1 unspecified atom stereocenters. The van der Waals surface area contributed by atoms with Crippen molar-refractivity contribution in [2.24, 2.45) is 5.73 Å². The van der Waals surface area contributed by atoms with Crippen LogP contribution in [0, 0.1) is 0 Å². The second kappa shape index (κ2) is 8.96. The number of carbonyl (C=O) groups is 2. The second-order valence-corrected chi connectivity index (χ2v) is 9.63. The number of primary amides is 1. The zero-order chi connectivity index (χ0) is 25.9. The van der Waals surface area contributed by atoms with Gasteiger partial charge in [-0.25, -0.2) is 0 Å². The van der Waals surface area contributed by atoms with Gasteiger partial charge in [-0.15, -0.1) is 0 Å². The second-order valence-electron chi connectivity index (χ2n) is 8.79. The molecule has 188 valence electrons. The van der Waals surface area contributed by atoms with Crippen LogP contribution in [0.2, 0.25) is 10.0 Å². The van der Waals surface area contributed by atoms with Gasteiger partial charge >= 0.3 is 6.18 Å². The summed E-state index contributed by atoms with van der Waals surface area (Å²) in [5.74, 6) is -2.05. The van der Waals surface area contributed by atoms with Crippen LogP contribution in [-0.4, -0.2) is 47.0 Å². The van der Waals surface area contributed by atoms with Gasteiger partial charge in [0.25, 0.3) is 5.91 Å². The fourth-order valence-electron chi connectivity index (χ4n) is 5.16. The lowest BCUT2D eigenvalue weighted by Gasteiger charge is -2.46. The zero-order valence-corrected chi connectivity index (χ0v) is 20.5. The van der Waals surface area contributed by atoms with Gasteiger partial charge in [-0.05, 0) is 50.2 Å². The maximum Gasteiger partial charge on any atom is 0.416 e. The van der Waals surface area contributed by atoms with Gasteiger partial charge in [-0.1, -0.05) is 43.1 Å². The molecule has 0 bridgehead atoms. The Hall–Kier alpha value is -2.33. The Balaban J connectivity index is 1.94. The zero-order valence-electron chi connectivity index (χ0n) is 19.0. The van der Waals surface area contributed by atoms with Crippen molar-refractivity contribution in [1.82, 2.24) is 4.90 Å². The number of alkyl halides is 3. The van der Waals surface area contributed by atoms with Crippen LogP contribution in [0.15, 0.2) is 30.3 Å². The predicted octanol–water partition coefficient (Wildman–Crippen LogP) is 4.57. The number of aliphatic hydroxyl groups is 1. The molecule has 6 nitrogen and oxygen atoms in total. The van der Waals surface area contributed by atoms with Crippen LogP contribution in [0.3, 0.4) is 0 Å². The molecule has 11 heteroatoms. The van der Waals surface area contributed by atoms with E-state index in [1.165, 1.54) is 23.1 Å². The molecule has 1 saturated carbocycles. The Kier molecular flexibility index (Phi) is 6.59. The number of halogens is 5. The van der Waals surface area contributed by atoms with Gasteiger partial charge in [-0.3, -0.25) is 9.59 Å². The summed E-state index contributed by atoms with van der Waals surface area (Å²) in [4.78, 5) is 29.1. The normalized spacial score (nSPS) is 24.0. The summed E-state index contributed by atoms with van der Waals surface area (Å²) >= 11 is 12.2. The first-order chi connectivity index (χ1) is 16.3. The van der Waals surface area contributed by atoms with E-state index in [0.717, 1.165) is 19.2 Å². The molecule has 2 aromatic carbocycles. The third kappa shape index (κ3) is 4.08. The van der Waals surface area contributed by atoms with E-state index in [4.69, 9.17) is 28.9 Å². The number of benzene rings is 2. The maximum atomic E-state index is 14.3. The minimum absolute atomic E-state index is 0.139. The summed E-state index contributed by atoms with van der Waals surface area (Å²) in [7, 11) is 0. The molecule has 35 heavy (non-hydrogen) atoms. The molecular weight excluding hydrogens is 506 g/mol. The molecule has 1 aliphatic heterocycles. The molecule has 0 spiro atoms. The topological polar surface area (TPSA) is 86.9 Å². The first-order valence-corrected chi connectivity index (χ1v) is 11.9. The molecule has 1 heterocycles. The highest BCUT2D eigenvalue weighted by atomic mass is 35.5. The summed E-state index contributed by atoms with van der Waals surface area (Å²) < 4.78 is 42.8. The highest BCUT2D eigenvalue weighted by molar-refractivity contribution is 6.35. The van der Waals surface area contributed by atoms with Crippen molar-refractivity contribution >= 4 is 40.7 Å². The van der Waals surface area contributed by atoms with Crippen LogP contribution >= 0.6 is 23.2 Å². The van der Waals surface area contributed by atoms with Gasteiger partial charge in [0.15, 0.2) is 5.60 Å². The van der Waals surface area contributed by atoms with Crippen molar-refractivity contribution in [1.29, 1.82) is 0 Å². The molecule has 2 aromatic rings. The molecule has 3 N–H and O–H groups in total. The number of carbonyl (C=O) groups excluding carboxylic acids is 2. The lowest BCUT2D eigenvalue weighted by molar-refractivity contribution is -0.142. The van der Waals surface area contributed by atoms with Gasteiger partial charge in [0, 0.05) is 38.8 Å². The number of rotatable bonds is 6. The molecule has 0 saturated heterocycles. The standard InChI is InChI=1S/C24H24Cl2F3N3O3/c1-3-31(4-2)14-10-15(11-14)32-19-8-12(21(30)33)7-17(24(27,28)29)20(19)23(35,22(32)34)16-6-5-13(25)9-18(16)26/h5-9,14-15,35H,3-4,10-11H2,1-2H3,(H2,30,33)/t14-,15-,23?. The molecule has 1 aliphatic carbocycles. The fourth-order valence-corrected chi connectivity index (χ4v) is 5.70. The van der Waals surface area contributed by atoms with Gasteiger partial charge in [0.2, 0.25) is 5.91 Å². The highest BCUT2D eigenvalue weighted by Gasteiger charge is 2.59. The Labute approximate surface area is 210 Å². The summed E-state index contributed by atoms with van der Waals surface area (Å²) in [6, 6.07) is 5.18. The van der Waals surface area contributed by atoms with Crippen LogP contribution in [0.25, 0.3) is 0 Å². The van der Waals surface area contributed by atoms with E-state index < -0.39 is 46.3 Å². The minimum Gasteiger partial charge on any atom is -0.372 e. The van der Waals surface area contributed by atoms with Crippen molar-refractivity contribution in [2.45, 2.75) is 50.6 Å². The highest BCUT2D eigenvalue weighted by Crippen LogP contribution is 2.54. The molecule has 1 atom stereocenters. The SMILES string of the molecule is CCN(CC)[C@H]1C[C@H](N2C(=O)C(O)(c3ccc(Cl)cc3Cl)c3c2cc(C(N)=O)cc3C(F)(F)F)C1. The molecule has 1 fully saturated rings. The van der Waals surface area contributed by atoms with E-state index in [-0.39, 0.29) is 27.3 Å². The fraction of sp³-hybridized carbons (Fsp3) is 0.417. The summed E-state index contributed by atoms with van der Waals surface area (Å²) in [6.07, 6.45) is -4.00. The Morgan fingerprint density at radius 3 is 2.34 bits per heavy atom. The maximum absolute atomic E-state index is 14.3. The monoisotopic (exact) mass is 529 g/mol. The van der Waals surface area contributed by atoms with Gasteiger partial charge < -0.3 is 20.6 Å². The van der Waals surface area contributed by atoms with Crippen LogP contribution in [-0.2, 0) is 16.6 Å². The molecule has 4 rings (SSSR count). The lowest BCUT2D eigenvalue weighted by Crippen LogP contribution is -2.56. The first-order valence-electron chi connectivity index (χ1n) is 11.2. The van der Waals surface area contributed by atoms with E-state index in [0.29, 0.717) is 18.9 Å². The molecule has 2 amide bonds. The van der Waals surface area contributed by atoms with Gasteiger partial charge in [0.1, 0.15) is 0 Å². The van der Waals surface area contributed by atoms with Crippen LogP contribution in [0.4, 0.5) is 18.9 Å². The molecule has 2 aliphatic rings. The largest absolute Gasteiger partial charge is 0.416 e. The molecular formula is C24H24Cl2F3N3O3. The average Bonchev–Trinajstić information content (AvgIpc) is 2.96. The number of amides is 2. The number of nitrogens with two attached hydrogens (primary N) is 1. The van der Waals surface area contributed by atoms with Crippen molar-refractivity contribution < 1.29 is 27.9 Å². The third-order valence-electron chi connectivity index (χ3n) is 6.96. The lowest BCUT2D eigenvalue weighted by atomic mass is 9.83. The van der Waals surface area contributed by atoms with Crippen LogP contribution in [0.5, 0.6) is 0 Å². The number of hydrogen-bond donors (Lipinski definition) is 2. The number of hydrogen-bond acceptors (Lipinski definition) is 4. The average molecular weight is 530 g/mol. The quantitative estimate of drug-likeness (QED) is 0.573. The Morgan fingerprint density at radius 2 is 1.83 bits per heavy atom. The number of nitrogens with zero attached hydrogens (tertiary/aromatic N) is 2. The Morgan fingerprint density at radius 1 is 1.20 bits per heavy atom. The van der Waals surface area contributed by atoms with Crippen LogP contribution in [0.1, 0.15) is 53.7 Å².